The lowest BCUT2D eigenvalue weighted by molar-refractivity contribution is 0.0692. The lowest BCUT2D eigenvalue weighted by Crippen LogP contribution is -2.31. The van der Waals surface area contributed by atoms with Crippen LogP contribution in [0.1, 0.15) is 29.6 Å². The number of nitrogens with two attached hydrogens (primary N) is 1. The van der Waals surface area contributed by atoms with Crippen LogP contribution in [0.3, 0.4) is 0 Å². The number of carboxylic acid groups (broad SMARTS) is 1. The first-order valence-corrected chi connectivity index (χ1v) is 8.46. The summed E-state index contributed by atoms with van der Waals surface area (Å²) >= 11 is 0. The number of fused-ring (bicyclic) bond motifs is 1. The van der Waals surface area contributed by atoms with Crippen LogP contribution >= 0.6 is 0 Å². The van der Waals surface area contributed by atoms with E-state index < -0.39 is 16.0 Å². The monoisotopic (exact) mass is 310 g/mol. The van der Waals surface area contributed by atoms with Gasteiger partial charge >= 0.3 is 5.97 Å². The van der Waals surface area contributed by atoms with E-state index >= 15 is 0 Å². The van der Waals surface area contributed by atoms with E-state index in [0.717, 1.165) is 19.3 Å². The number of rotatable bonds is 3. The lowest BCUT2D eigenvalue weighted by atomic mass is 10.0. The Balaban J connectivity index is 1.98. The van der Waals surface area contributed by atoms with Gasteiger partial charge in [0.05, 0.1) is 10.5 Å². The molecule has 21 heavy (non-hydrogen) atoms. The van der Waals surface area contributed by atoms with Gasteiger partial charge in [-0.25, -0.2) is 13.2 Å². The Morgan fingerprint density at radius 3 is 2.43 bits per heavy atom. The maximum atomic E-state index is 12.7. The highest BCUT2D eigenvalue weighted by Gasteiger charge is 2.42. The highest BCUT2D eigenvalue weighted by molar-refractivity contribution is 7.89. The molecular formula is C14H18N2O4S. The minimum atomic E-state index is -3.78. The standard InChI is InChI=1S/C14H18N2O4S/c15-11-4-5-13(12(6-11)14(17)18)21(19,20)16-7-9-2-1-3-10(9)8-16/h4-6,9-10H,1-3,7-8,15H2,(H,17,18). The second-order valence-corrected chi connectivity index (χ2v) is 7.74. The maximum Gasteiger partial charge on any atom is 0.337 e. The number of benzene rings is 1. The van der Waals surface area contributed by atoms with Crippen molar-refractivity contribution in [3.8, 4) is 0 Å². The third-order valence-electron chi connectivity index (χ3n) is 4.54. The Labute approximate surface area is 123 Å². The van der Waals surface area contributed by atoms with E-state index in [1.54, 1.807) is 0 Å². The summed E-state index contributed by atoms with van der Waals surface area (Å²) in [7, 11) is -3.78. The number of hydrogen-bond donors (Lipinski definition) is 2. The normalized spacial score (nSPS) is 25.9. The maximum absolute atomic E-state index is 12.7. The van der Waals surface area contributed by atoms with Crippen molar-refractivity contribution < 1.29 is 18.3 Å². The molecule has 2 aliphatic rings. The van der Waals surface area contributed by atoms with E-state index in [1.165, 1.54) is 22.5 Å². The first-order chi connectivity index (χ1) is 9.89. The van der Waals surface area contributed by atoms with Gasteiger partial charge in [-0.05, 0) is 42.9 Å². The summed E-state index contributed by atoms with van der Waals surface area (Å²) in [4.78, 5) is 11.1. The van der Waals surface area contributed by atoms with Gasteiger partial charge in [0.15, 0.2) is 0 Å². The fraction of sp³-hybridized carbons (Fsp3) is 0.500. The number of carboxylic acids is 1. The van der Waals surface area contributed by atoms with Crippen LogP contribution in [0, 0.1) is 11.8 Å². The molecule has 0 spiro atoms. The van der Waals surface area contributed by atoms with Gasteiger partial charge in [0.2, 0.25) is 10.0 Å². The molecule has 1 aromatic rings. The molecule has 3 rings (SSSR count). The fourth-order valence-corrected chi connectivity index (χ4v) is 5.18. The Morgan fingerprint density at radius 2 is 1.86 bits per heavy atom. The lowest BCUT2D eigenvalue weighted by Gasteiger charge is -2.18. The van der Waals surface area contributed by atoms with Crippen LogP contribution in [-0.4, -0.2) is 36.9 Å². The minimum absolute atomic E-state index is 0.163. The molecule has 6 nitrogen and oxygen atoms in total. The molecule has 1 aliphatic heterocycles. The van der Waals surface area contributed by atoms with Gasteiger partial charge in [-0.15, -0.1) is 0 Å². The van der Waals surface area contributed by atoms with Gasteiger partial charge in [-0.1, -0.05) is 6.42 Å². The number of aromatic carboxylic acids is 1. The van der Waals surface area contributed by atoms with Gasteiger partial charge < -0.3 is 10.8 Å². The SMILES string of the molecule is Nc1ccc(S(=O)(=O)N2CC3CCCC3C2)c(C(=O)O)c1. The topological polar surface area (TPSA) is 101 Å². The number of carbonyl (C=O) groups is 1. The van der Waals surface area contributed by atoms with Gasteiger partial charge in [0.1, 0.15) is 0 Å². The number of nitrogens with zero attached hydrogens (tertiary/aromatic N) is 1. The van der Waals surface area contributed by atoms with Crippen LogP contribution < -0.4 is 5.73 Å². The summed E-state index contributed by atoms with van der Waals surface area (Å²) in [5.74, 6) is -0.441. The Morgan fingerprint density at radius 1 is 1.24 bits per heavy atom. The van der Waals surface area contributed by atoms with Crippen LogP contribution in [0.15, 0.2) is 23.1 Å². The average molecular weight is 310 g/mol. The molecule has 0 radical (unpaired) electrons. The minimum Gasteiger partial charge on any atom is -0.478 e. The van der Waals surface area contributed by atoms with Crippen LogP contribution in [0.2, 0.25) is 0 Å². The van der Waals surface area contributed by atoms with Crippen molar-refractivity contribution in [1.82, 2.24) is 4.31 Å². The second-order valence-electron chi connectivity index (χ2n) is 5.83. The van der Waals surface area contributed by atoms with Crippen LogP contribution in [-0.2, 0) is 10.0 Å². The Kier molecular flexibility index (Phi) is 3.41. The number of sulfonamides is 1. The molecule has 1 saturated heterocycles. The number of hydrogen-bond acceptors (Lipinski definition) is 4. The summed E-state index contributed by atoms with van der Waals surface area (Å²) in [6, 6.07) is 3.92. The van der Waals surface area contributed by atoms with Crippen molar-refractivity contribution in [3.63, 3.8) is 0 Å². The molecule has 114 valence electrons. The largest absolute Gasteiger partial charge is 0.478 e. The molecule has 7 heteroatoms. The third-order valence-corrected chi connectivity index (χ3v) is 6.43. The van der Waals surface area contributed by atoms with E-state index in [4.69, 9.17) is 5.73 Å². The van der Waals surface area contributed by atoms with Gasteiger partial charge in [0.25, 0.3) is 0 Å². The van der Waals surface area contributed by atoms with E-state index in [1.807, 2.05) is 0 Å². The average Bonchev–Trinajstić information content (AvgIpc) is 2.98. The van der Waals surface area contributed by atoms with Crippen molar-refractivity contribution in [2.75, 3.05) is 18.8 Å². The molecule has 1 saturated carbocycles. The van der Waals surface area contributed by atoms with Crippen molar-refractivity contribution in [3.05, 3.63) is 23.8 Å². The molecule has 3 N–H and O–H groups in total. The van der Waals surface area contributed by atoms with Crippen LogP contribution in [0.25, 0.3) is 0 Å². The predicted octanol–water partition coefficient (Wildman–Crippen LogP) is 1.39. The third kappa shape index (κ3) is 2.40. The molecule has 2 fully saturated rings. The summed E-state index contributed by atoms with van der Waals surface area (Å²) in [5.41, 5.74) is 5.55. The fourth-order valence-electron chi connectivity index (χ4n) is 3.47. The van der Waals surface area contributed by atoms with Gasteiger partial charge in [-0.2, -0.15) is 4.31 Å². The summed E-state index contributed by atoms with van der Waals surface area (Å²) in [6.07, 6.45) is 3.28. The highest BCUT2D eigenvalue weighted by atomic mass is 32.2. The van der Waals surface area contributed by atoms with E-state index in [2.05, 4.69) is 0 Å². The van der Waals surface area contributed by atoms with Gasteiger partial charge in [-0.3, -0.25) is 0 Å². The molecule has 1 aromatic carbocycles. The smallest absolute Gasteiger partial charge is 0.337 e. The van der Waals surface area contributed by atoms with Gasteiger partial charge in [0, 0.05) is 18.8 Å². The molecule has 0 bridgehead atoms. The number of anilines is 1. The summed E-state index contributed by atoms with van der Waals surface area (Å²) < 4.78 is 26.9. The molecule has 1 heterocycles. The van der Waals surface area contributed by atoms with E-state index in [0.29, 0.717) is 24.9 Å². The molecule has 2 unspecified atom stereocenters. The summed E-state index contributed by atoms with van der Waals surface area (Å²) in [6.45, 7) is 0.993. The predicted molar refractivity (Wildman–Crippen MR) is 77.4 cm³/mol. The van der Waals surface area contributed by atoms with E-state index in [-0.39, 0.29) is 16.1 Å². The van der Waals surface area contributed by atoms with E-state index in [9.17, 15) is 18.3 Å². The molecule has 1 aliphatic carbocycles. The van der Waals surface area contributed by atoms with Crippen molar-refractivity contribution in [1.29, 1.82) is 0 Å². The first kappa shape index (κ1) is 14.3. The zero-order chi connectivity index (χ0) is 15.2. The molecule has 0 amide bonds. The molecule has 2 atom stereocenters. The Bertz CT molecular complexity index is 674. The van der Waals surface area contributed by atoms with Crippen molar-refractivity contribution in [2.24, 2.45) is 11.8 Å². The Hall–Kier alpha value is -1.60. The molecule has 0 aromatic heterocycles. The van der Waals surface area contributed by atoms with Crippen molar-refractivity contribution in [2.45, 2.75) is 24.2 Å². The second kappa shape index (κ2) is 4.99. The zero-order valence-electron chi connectivity index (χ0n) is 11.5. The summed E-state index contributed by atoms with van der Waals surface area (Å²) in [5, 5.41) is 9.22. The number of nitrogen functional groups attached to an aromatic ring is 1. The van der Waals surface area contributed by atoms with Crippen molar-refractivity contribution >= 4 is 21.7 Å². The van der Waals surface area contributed by atoms with Crippen LogP contribution in [0.5, 0.6) is 0 Å². The molecular weight excluding hydrogens is 292 g/mol. The first-order valence-electron chi connectivity index (χ1n) is 7.02. The quantitative estimate of drug-likeness (QED) is 0.822. The van der Waals surface area contributed by atoms with Crippen LogP contribution in [0.4, 0.5) is 5.69 Å². The highest BCUT2D eigenvalue weighted by Crippen LogP contribution is 2.40. The zero-order valence-corrected chi connectivity index (χ0v) is 12.3.